The minimum Gasteiger partial charge on any atom is -0.376 e. The zero-order valence-electron chi connectivity index (χ0n) is 11.3. The molecule has 0 bridgehead atoms. The third-order valence-electron chi connectivity index (χ3n) is 3.15. The van der Waals surface area contributed by atoms with Gasteiger partial charge in [0.15, 0.2) is 5.11 Å². The Balaban J connectivity index is 2.17. The predicted molar refractivity (Wildman–Crippen MR) is 98.7 cm³/mol. The van der Waals surface area contributed by atoms with E-state index in [2.05, 4.69) is 5.32 Å². The van der Waals surface area contributed by atoms with Gasteiger partial charge < -0.3 is 16.0 Å². The Hall–Kier alpha value is -0.650. The van der Waals surface area contributed by atoms with E-state index in [1.54, 1.807) is 18.2 Å². The second kappa shape index (κ2) is 7.28. The summed E-state index contributed by atoms with van der Waals surface area (Å²) in [6, 6.07) is 3.39. The molecule has 0 radical (unpaired) electrons. The number of nitrogens with zero attached hydrogens (tertiary/aromatic N) is 1. The van der Waals surface area contributed by atoms with Crippen LogP contribution >= 0.6 is 58.6 Å². The van der Waals surface area contributed by atoms with E-state index < -0.39 is 5.12 Å². The lowest BCUT2D eigenvalue weighted by Gasteiger charge is -2.38. The number of benzene rings is 1. The van der Waals surface area contributed by atoms with Crippen LogP contribution in [-0.4, -0.2) is 21.7 Å². The standard InChI is InChI=1S/C14H13Cl4N3S/c15-10-3-4-11(16)12(17)9(10)5-8-21-7-2-1-6-14(21,18)20-13(19)22/h1-4,6-7H,5,8H2,(H3,19,20,22). The van der Waals surface area contributed by atoms with Gasteiger partial charge in [-0.2, -0.15) is 0 Å². The van der Waals surface area contributed by atoms with E-state index in [-0.39, 0.29) is 5.11 Å². The smallest absolute Gasteiger partial charge is 0.210 e. The molecule has 0 aliphatic carbocycles. The topological polar surface area (TPSA) is 41.3 Å². The Morgan fingerprint density at radius 2 is 1.91 bits per heavy atom. The zero-order chi connectivity index (χ0) is 16.3. The molecule has 1 aliphatic heterocycles. The van der Waals surface area contributed by atoms with Gasteiger partial charge in [-0.1, -0.05) is 52.5 Å². The SMILES string of the molecule is NC(=S)NC1(Cl)C=CC=CN1CCc1c(Cl)ccc(Cl)c1Cl. The van der Waals surface area contributed by atoms with Crippen LogP contribution < -0.4 is 11.1 Å². The average Bonchev–Trinajstić information content (AvgIpc) is 2.44. The molecule has 0 amide bonds. The number of allylic oxidation sites excluding steroid dienone is 2. The maximum atomic E-state index is 6.53. The van der Waals surface area contributed by atoms with E-state index in [0.29, 0.717) is 28.0 Å². The van der Waals surface area contributed by atoms with E-state index in [1.807, 2.05) is 23.3 Å². The van der Waals surface area contributed by atoms with Crippen LogP contribution in [0.15, 0.2) is 36.6 Å². The summed E-state index contributed by atoms with van der Waals surface area (Å²) in [5, 5.41) is 3.43. The molecule has 3 nitrogen and oxygen atoms in total. The molecular formula is C14H13Cl4N3S. The minimum absolute atomic E-state index is 0.110. The van der Waals surface area contributed by atoms with Crippen LogP contribution in [0.2, 0.25) is 15.1 Å². The van der Waals surface area contributed by atoms with Crippen molar-refractivity contribution in [1.82, 2.24) is 10.2 Å². The minimum atomic E-state index is -1.02. The first-order valence-corrected chi connectivity index (χ1v) is 8.27. The fourth-order valence-electron chi connectivity index (χ4n) is 2.09. The third kappa shape index (κ3) is 4.00. The van der Waals surface area contributed by atoms with Crippen molar-refractivity contribution in [3.05, 3.63) is 57.2 Å². The van der Waals surface area contributed by atoms with Crippen molar-refractivity contribution in [1.29, 1.82) is 0 Å². The molecule has 1 atom stereocenters. The van der Waals surface area contributed by atoms with Gasteiger partial charge in [-0.3, -0.25) is 0 Å². The Morgan fingerprint density at radius 1 is 1.23 bits per heavy atom. The van der Waals surface area contributed by atoms with E-state index in [0.717, 1.165) is 5.56 Å². The Bertz CT molecular complexity index is 647. The molecule has 1 aromatic rings. The second-order valence-electron chi connectivity index (χ2n) is 4.63. The highest BCUT2D eigenvalue weighted by Crippen LogP contribution is 2.32. The van der Waals surface area contributed by atoms with Crippen LogP contribution in [0.25, 0.3) is 0 Å². The highest BCUT2D eigenvalue weighted by atomic mass is 35.5. The van der Waals surface area contributed by atoms with Crippen molar-refractivity contribution in [2.45, 2.75) is 11.5 Å². The molecule has 22 heavy (non-hydrogen) atoms. The Labute approximate surface area is 154 Å². The molecule has 0 spiro atoms. The molecule has 1 unspecified atom stereocenters. The molecule has 118 valence electrons. The van der Waals surface area contributed by atoms with Crippen LogP contribution in [0.4, 0.5) is 0 Å². The van der Waals surface area contributed by atoms with Crippen LogP contribution in [0, 0.1) is 0 Å². The van der Waals surface area contributed by atoms with Crippen molar-refractivity contribution in [2.24, 2.45) is 5.73 Å². The molecule has 3 N–H and O–H groups in total. The molecule has 2 rings (SSSR count). The van der Waals surface area contributed by atoms with E-state index in [4.69, 9.17) is 64.4 Å². The highest BCUT2D eigenvalue weighted by molar-refractivity contribution is 7.80. The number of nitrogens with two attached hydrogens (primary N) is 1. The van der Waals surface area contributed by atoms with Gasteiger partial charge in [-0.05, 0) is 48.5 Å². The maximum Gasteiger partial charge on any atom is 0.210 e. The fourth-order valence-corrected chi connectivity index (χ4v) is 3.36. The van der Waals surface area contributed by atoms with E-state index in [1.165, 1.54) is 0 Å². The number of rotatable bonds is 4. The summed E-state index contributed by atoms with van der Waals surface area (Å²) in [5.41, 5.74) is 6.31. The summed E-state index contributed by atoms with van der Waals surface area (Å²) in [4.78, 5) is 1.85. The van der Waals surface area contributed by atoms with Crippen LogP contribution in [0.5, 0.6) is 0 Å². The maximum absolute atomic E-state index is 6.53. The normalized spacial score (nSPS) is 20.3. The van der Waals surface area contributed by atoms with Crippen molar-refractivity contribution >= 4 is 63.7 Å². The number of nitrogens with one attached hydrogen (secondary N) is 1. The van der Waals surface area contributed by atoms with Gasteiger partial charge >= 0.3 is 0 Å². The lowest BCUT2D eigenvalue weighted by atomic mass is 10.1. The largest absolute Gasteiger partial charge is 0.376 e. The molecule has 1 aromatic carbocycles. The first kappa shape index (κ1) is 17.7. The molecule has 1 heterocycles. The van der Waals surface area contributed by atoms with Gasteiger partial charge in [0.25, 0.3) is 0 Å². The van der Waals surface area contributed by atoms with E-state index in [9.17, 15) is 0 Å². The summed E-state index contributed by atoms with van der Waals surface area (Å²) in [6.45, 7) is 0.541. The zero-order valence-corrected chi connectivity index (χ0v) is 15.2. The first-order chi connectivity index (χ1) is 10.3. The molecule has 0 aromatic heterocycles. The number of hydrogen-bond acceptors (Lipinski definition) is 2. The molecular weight excluding hydrogens is 384 g/mol. The summed E-state index contributed by atoms with van der Waals surface area (Å²) in [7, 11) is 0. The average molecular weight is 397 g/mol. The highest BCUT2D eigenvalue weighted by Gasteiger charge is 2.31. The monoisotopic (exact) mass is 395 g/mol. The summed E-state index contributed by atoms with van der Waals surface area (Å²) in [5.74, 6) is 0. The van der Waals surface area contributed by atoms with Gasteiger partial charge in [-0.15, -0.1) is 0 Å². The predicted octanol–water partition coefficient (Wildman–Crippen LogP) is 4.30. The van der Waals surface area contributed by atoms with E-state index >= 15 is 0 Å². The van der Waals surface area contributed by atoms with Crippen molar-refractivity contribution < 1.29 is 0 Å². The number of alkyl halides is 1. The Kier molecular flexibility index (Phi) is 5.86. The lowest BCUT2D eigenvalue weighted by molar-refractivity contribution is 0.264. The van der Waals surface area contributed by atoms with Crippen molar-refractivity contribution in [3.8, 4) is 0 Å². The lowest BCUT2D eigenvalue weighted by Crippen LogP contribution is -2.56. The van der Waals surface area contributed by atoms with Gasteiger partial charge in [0.1, 0.15) is 0 Å². The van der Waals surface area contributed by atoms with Crippen LogP contribution in [0.3, 0.4) is 0 Å². The third-order valence-corrected chi connectivity index (χ3v) is 4.89. The Morgan fingerprint density at radius 3 is 2.59 bits per heavy atom. The second-order valence-corrected chi connectivity index (χ2v) is 6.84. The van der Waals surface area contributed by atoms with Crippen molar-refractivity contribution in [3.63, 3.8) is 0 Å². The molecule has 0 saturated carbocycles. The quantitative estimate of drug-likeness (QED) is 0.344. The van der Waals surface area contributed by atoms with Crippen molar-refractivity contribution in [2.75, 3.05) is 6.54 Å². The fraction of sp³-hybridized carbons (Fsp3) is 0.214. The summed E-state index contributed by atoms with van der Waals surface area (Å²) >= 11 is 29.8. The summed E-state index contributed by atoms with van der Waals surface area (Å²) < 4.78 is 0. The summed E-state index contributed by atoms with van der Waals surface area (Å²) in [6.07, 6.45) is 7.83. The molecule has 8 heteroatoms. The van der Waals surface area contributed by atoms with Gasteiger partial charge in [0.05, 0.1) is 10.0 Å². The molecule has 0 fully saturated rings. The van der Waals surface area contributed by atoms with Gasteiger partial charge in [0, 0.05) is 17.8 Å². The van der Waals surface area contributed by atoms with Crippen LogP contribution in [0.1, 0.15) is 5.56 Å². The van der Waals surface area contributed by atoms with Crippen LogP contribution in [-0.2, 0) is 6.42 Å². The molecule has 0 saturated heterocycles. The number of hydrogen-bond donors (Lipinski definition) is 2. The van der Waals surface area contributed by atoms with Gasteiger partial charge in [0.2, 0.25) is 5.12 Å². The number of thiocarbonyl (C=S) groups is 1. The number of halogens is 4. The molecule has 1 aliphatic rings. The van der Waals surface area contributed by atoms with Gasteiger partial charge in [-0.25, -0.2) is 0 Å². The first-order valence-electron chi connectivity index (χ1n) is 6.35.